The molecule has 1 N–H and O–H groups in total. The summed E-state index contributed by atoms with van der Waals surface area (Å²) in [5.41, 5.74) is 2.58. The maximum atomic E-state index is 12.4. The molecule has 0 saturated heterocycles. The normalized spacial score (nSPS) is 13.9. The quantitative estimate of drug-likeness (QED) is 0.839. The minimum Gasteiger partial charge on any atom is -0.313 e. The molecule has 0 aliphatic heterocycles. The van der Waals surface area contributed by atoms with Gasteiger partial charge in [-0.2, -0.15) is 13.2 Å². The average molecular weight is 231 g/mol. The van der Waals surface area contributed by atoms with Crippen LogP contribution in [0.2, 0.25) is 0 Å². The molecule has 0 aromatic heterocycles. The van der Waals surface area contributed by atoms with Gasteiger partial charge in [-0.1, -0.05) is 23.8 Å². The first-order valence-corrected chi connectivity index (χ1v) is 5.14. The molecule has 0 bridgehead atoms. The van der Waals surface area contributed by atoms with Crippen molar-refractivity contribution in [1.82, 2.24) is 5.32 Å². The molecule has 1 aromatic rings. The highest BCUT2D eigenvalue weighted by Crippen LogP contribution is 2.31. The van der Waals surface area contributed by atoms with Crippen LogP contribution in [-0.2, 0) is 0 Å². The van der Waals surface area contributed by atoms with E-state index in [1.54, 1.807) is 7.05 Å². The van der Waals surface area contributed by atoms with Crippen molar-refractivity contribution in [3.8, 4) is 0 Å². The van der Waals surface area contributed by atoms with Gasteiger partial charge in [-0.25, -0.2) is 0 Å². The number of hydrogen-bond donors (Lipinski definition) is 1. The standard InChI is InChI=1S/C12H16F3N/c1-8-4-5-9(2)10(6-8)11(16-3)7-12(13,14)15/h4-6,11,16H,7H2,1-3H3. The largest absolute Gasteiger partial charge is 0.390 e. The molecule has 0 radical (unpaired) electrons. The Morgan fingerprint density at radius 2 is 1.88 bits per heavy atom. The maximum Gasteiger partial charge on any atom is 0.390 e. The highest BCUT2D eigenvalue weighted by Gasteiger charge is 2.32. The first kappa shape index (κ1) is 13.0. The zero-order valence-corrected chi connectivity index (χ0v) is 9.65. The van der Waals surface area contributed by atoms with Crippen LogP contribution < -0.4 is 5.32 Å². The Hall–Kier alpha value is -1.03. The summed E-state index contributed by atoms with van der Waals surface area (Å²) in [6.07, 6.45) is -4.99. The fraction of sp³-hybridized carbons (Fsp3) is 0.500. The minimum absolute atomic E-state index is 0.667. The number of benzene rings is 1. The van der Waals surface area contributed by atoms with Crippen LogP contribution in [0, 0.1) is 13.8 Å². The van der Waals surface area contributed by atoms with Crippen LogP contribution in [0.15, 0.2) is 18.2 Å². The molecular weight excluding hydrogens is 215 g/mol. The van der Waals surface area contributed by atoms with Crippen LogP contribution >= 0.6 is 0 Å². The monoisotopic (exact) mass is 231 g/mol. The van der Waals surface area contributed by atoms with Crippen molar-refractivity contribution in [2.24, 2.45) is 0 Å². The third-order valence-corrected chi connectivity index (χ3v) is 2.59. The molecule has 0 fully saturated rings. The first-order valence-electron chi connectivity index (χ1n) is 5.14. The van der Waals surface area contributed by atoms with Gasteiger partial charge in [0.25, 0.3) is 0 Å². The fourth-order valence-corrected chi connectivity index (χ4v) is 1.73. The lowest BCUT2D eigenvalue weighted by Gasteiger charge is -2.20. The topological polar surface area (TPSA) is 12.0 Å². The van der Waals surface area contributed by atoms with Gasteiger partial charge < -0.3 is 5.32 Å². The molecule has 0 saturated carbocycles. The molecular formula is C12H16F3N. The van der Waals surface area contributed by atoms with Crippen molar-refractivity contribution in [3.63, 3.8) is 0 Å². The van der Waals surface area contributed by atoms with Crippen molar-refractivity contribution in [2.45, 2.75) is 32.5 Å². The zero-order valence-electron chi connectivity index (χ0n) is 9.65. The van der Waals surface area contributed by atoms with Gasteiger partial charge in [-0.15, -0.1) is 0 Å². The third kappa shape index (κ3) is 3.52. The number of aryl methyl sites for hydroxylation is 2. The Morgan fingerprint density at radius 1 is 1.25 bits per heavy atom. The molecule has 1 aromatic carbocycles. The van der Waals surface area contributed by atoms with Crippen molar-refractivity contribution < 1.29 is 13.2 Å². The molecule has 0 heterocycles. The summed E-state index contributed by atoms with van der Waals surface area (Å²) in [4.78, 5) is 0. The van der Waals surface area contributed by atoms with Gasteiger partial charge in [-0.05, 0) is 32.0 Å². The van der Waals surface area contributed by atoms with Crippen molar-refractivity contribution in [2.75, 3.05) is 7.05 Å². The smallest absolute Gasteiger partial charge is 0.313 e. The molecule has 16 heavy (non-hydrogen) atoms. The second kappa shape index (κ2) is 4.87. The van der Waals surface area contributed by atoms with E-state index in [0.717, 1.165) is 16.7 Å². The number of hydrogen-bond acceptors (Lipinski definition) is 1. The van der Waals surface area contributed by atoms with E-state index in [1.807, 2.05) is 32.0 Å². The minimum atomic E-state index is -4.15. The molecule has 0 aliphatic carbocycles. The molecule has 90 valence electrons. The van der Waals surface area contributed by atoms with E-state index in [4.69, 9.17) is 0 Å². The summed E-state index contributed by atoms with van der Waals surface area (Å²) < 4.78 is 37.1. The lowest BCUT2D eigenvalue weighted by Crippen LogP contribution is -2.24. The molecule has 0 amide bonds. The van der Waals surface area contributed by atoms with Gasteiger partial charge in [-0.3, -0.25) is 0 Å². The second-order valence-electron chi connectivity index (χ2n) is 4.02. The van der Waals surface area contributed by atoms with Gasteiger partial charge in [0.2, 0.25) is 0 Å². The van der Waals surface area contributed by atoms with E-state index in [2.05, 4.69) is 5.32 Å². The Labute approximate surface area is 93.7 Å². The summed E-state index contributed by atoms with van der Waals surface area (Å²) in [5.74, 6) is 0. The number of halogens is 3. The Kier molecular flexibility index (Phi) is 3.97. The summed E-state index contributed by atoms with van der Waals surface area (Å²) in [6, 6.07) is 4.90. The number of nitrogens with one attached hydrogen (secondary N) is 1. The van der Waals surface area contributed by atoms with E-state index >= 15 is 0 Å². The van der Waals surface area contributed by atoms with Gasteiger partial charge in [0, 0.05) is 6.04 Å². The van der Waals surface area contributed by atoms with Crippen LogP contribution in [0.5, 0.6) is 0 Å². The average Bonchev–Trinajstić information content (AvgIpc) is 2.17. The molecule has 4 heteroatoms. The predicted molar refractivity (Wildman–Crippen MR) is 58.4 cm³/mol. The first-order chi connectivity index (χ1) is 7.33. The summed E-state index contributed by atoms with van der Waals surface area (Å²) in [6.45, 7) is 3.71. The van der Waals surface area contributed by atoms with Gasteiger partial charge in [0.05, 0.1) is 6.42 Å². The van der Waals surface area contributed by atoms with Crippen LogP contribution in [0.1, 0.15) is 29.2 Å². The SMILES string of the molecule is CNC(CC(F)(F)F)c1cc(C)ccc1C. The molecule has 1 unspecified atom stereocenters. The lowest BCUT2D eigenvalue weighted by atomic mass is 9.97. The number of alkyl halides is 3. The Balaban J connectivity index is 2.99. The summed E-state index contributed by atoms with van der Waals surface area (Å²) in [7, 11) is 1.55. The number of rotatable bonds is 3. The van der Waals surface area contributed by atoms with Crippen LogP contribution in [0.4, 0.5) is 13.2 Å². The Bertz CT molecular complexity index is 358. The molecule has 1 rings (SSSR count). The predicted octanol–water partition coefficient (Wildman–Crippen LogP) is 3.52. The zero-order chi connectivity index (χ0) is 12.3. The Morgan fingerprint density at radius 3 is 2.38 bits per heavy atom. The second-order valence-corrected chi connectivity index (χ2v) is 4.02. The highest BCUT2D eigenvalue weighted by molar-refractivity contribution is 5.33. The fourth-order valence-electron chi connectivity index (χ4n) is 1.73. The van der Waals surface area contributed by atoms with Crippen molar-refractivity contribution in [3.05, 3.63) is 34.9 Å². The van der Waals surface area contributed by atoms with E-state index in [9.17, 15) is 13.2 Å². The van der Waals surface area contributed by atoms with E-state index in [-0.39, 0.29) is 0 Å². The summed E-state index contributed by atoms with van der Waals surface area (Å²) in [5, 5.41) is 2.72. The van der Waals surface area contributed by atoms with Crippen molar-refractivity contribution >= 4 is 0 Å². The molecule has 1 atom stereocenters. The van der Waals surface area contributed by atoms with Crippen molar-refractivity contribution in [1.29, 1.82) is 0 Å². The van der Waals surface area contributed by atoms with E-state index in [1.165, 1.54) is 0 Å². The molecule has 0 spiro atoms. The van der Waals surface area contributed by atoms with E-state index in [0.29, 0.717) is 0 Å². The van der Waals surface area contributed by atoms with E-state index < -0.39 is 18.6 Å². The van der Waals surface area contributed by atoms with Crippen LogP contribution in [0.25, 0.3) is 0 Å². The lowest BCUT2D eigenvalue weighted by molar-refractivity contribution is -0.140. The molecule has 1 nitrogen and oxygen atoms in total. The highest BCUT2D eigenvalue weighted by atomic mass is 19.4. The van der Waals surface area contributed by atoms with Gasteiger partial charge in [0.1, 0.15) is 0 Å². The van der Waals surface area contributed by atoms with Crippen LogP contribution in [-0.4, -0.2) is 13.2 Å². The van der Waals surface area contributed by atoms with Gasteiger partial charge in [0.15, 0.2) is 0 Å². The third-order valence-electron chi connectivity index (χ3n) is 2.59. The van der Waals surface area contributed by atoms with Crippen LogP contribution in [0.3, 0.4) is 0 Å². The molecule has 0 aliphatic rings. The maximum absolute atomic E-state index is 12.4. The van der Waals surface area contributed by atoms with Gasteiger partial charge >= 0.3 is 6.18 Å². The summed E-state index contributed by atoms with van der Waals surface area (Å²) >= 11 is 0.